The number of hydrogen-bond acceptors (Lipinski definition) is 2. The average Bonchev–Trinajstić information content (AvgIpc) is 2.95. The van der Waals surface area contributed by atoms with Crippen molar-refractivity contribution in [3.05, 3.63) is 0 Å². The molecule has 1 N–H and O–H groups in total. The van der Waals surface area contributed by atoms with E-state index in [4.69, 9.17) is 0 Å². The van der Waals surface area contributed by atoms with E-state index in [1.165, 1.54) is 25.9 Å². The van der Waals surface area contributed by atoms with Crippen LogP contribution in [-0.2, 0) is 4.79 Å². The van der Waals surface area contributed by atoms with Gasteiger partial charge in [-0.15, -0.1) is 0 Å². The zero-order valence-corrected chi connectivity index (χ0v) is 9.67. The number of hydrogen-bond donors (Lipinski definition) is 1. The van der Waals surface area contributed by atoms with Crippen LogP contribution < -0.4 is 5.32 Å². The zero-order chi connectivity index (χ0) is 10.7. The molecule has 1 amide bonds. The molecule has 1 aliphatic heterocycles. The SMILES string of the molecule is CC(CNC(=O)C1CC1)CN1CCCC1. The van der Waals surface area contributed by atoms with E-state index in [9.17, 15) is 4.79 Å². The van der Waals surface area contributed by atoms with E-state index < -0.39 is 0 Å². The minimum Gasteiger partial charge on any atom is -0.356 e. The Morgan fingerprint density at radius 3 is 2.67 bits per heavy atom. The first-order valence-electron chi connectivity index (χ1n) is 6.26. The number of amides is 1. The smallest absolute Gasteiger partial charge is 0.223 e. The Bertz CT molecular complexity index is 220. The van der Waals surface area contributed by atoms with Gasteiger partial charge >= 0.3 is 0 Å². The molecule has 86 valence electrons. The number of carbonyl (C=O) groups excluding carboxylic acids is 1. The van der Waals surface area contributed by atoms with E-state index in [2.05, 4.69) is 17.1 Å². The summed E-state index contributed by atoms with van der Waals surface area (Å²) in [4.78, 5) is 13.9. The van der Waals surface area contributed by atoms with E-state index >= 15 is 0 Å². The lowest BCUT2D eigenvalue weighted by Crippen LogP contribution is -2.35. The Morgan fingerprint density at radius 2 is 2.07 bits per heavy atom. The van der Waals surface area contributed by atoms with Crippen molar-refractivity contribution in [2.75, 3.05) is 26.2 Å². The summed E-state index contributed by atoms with van der Waals surface area (Å²) in [6.07, 6.45) is 4.90. The monoisotopic (exact) mass is 210 g/mol. The van der Waals surface area contributed by atoms with Crippen molar-refractivity contribution in [3.8, 4) is 0 Å². The molecule has 0 bridgehead atoms. The maximum absolute atomic E-state index is 11.4. The summed E-state index contributed by atoms with van der Waals surface area (Å²) in [5, 5.41) is 3.05. The summed E-state index contributed by atoms with van der Waals surface area (Å²) in [7, 11) is 0. The molecule has 3 heteroatoms. The van der Waals surface area contributed by atoms with Crippen LogP contribution in [0.15, 0.2) is 0 Å². The summed E-state index contributed by atoms with van der Waals surface area (Å²) in [6, 6.07) is 0. The van der Waals surface area contributed by atoms with Gasteiger partial charge in [-0.1, -0.05) is 6.92 Å². The Balaban J connectivity index is 1.58. The van der Waals surface area contributed by atoms with Crippen molar-refractivity contribution in [1.82, 2.24) is 10.2 Å². The lowest BCUT2D eigenvalue weighted by molar-refractivity contribution is -0.122. The van der Waals surface area contributed by atoms with Gasteiger partial charge in [0.25, 0.3) is 0 Å². The highest BCUT2D eigenvalue weighted by Crippen LogP contribution is 2.28. The molecule has 0 radical (unpaired) electrons. The first-order chi connectivity index (χ1) is 7.25. The minimum atomic E-state index is 0.281. The fourth-order valence-corrected chi connectivity index (χ4v) is 2.24. The normalized spacial score (nSPS) is 24.1. The van der Waals surface area contributed by atoms with Crippen LogP contribution in [0.2, 0.25) is 0 Å². The number of rotatable bonds is 5. The Labute approximate surface area is 92.2 Å². The van der Waals surface area contributed by atoms with Gasteiger partial charge in [-0.25, -0.2) is 0 Å². The van der Waals surface area contributed by atoms with E-state index in [1.807, 2.05) is 0 Å². The third-order valence-electron chi connectivity index (χ3n) is 3.34. The summed E-state index contributed by atoms with van der Waals surface area (Å²) in [6.45, 7) is 6.73. The van der Waals surface area contributed by atoms with Crippen LogP contribution in [0.25, 0.3) is 0 Å². The molecule has 0 spiro atoms. The van der Waals surface area contributed by atoms with Crippen LogP contribution in [0, 0.1) is 11.8 Å². The van der Waals surface area contributed by atoms with Gasteiger partial charge in [0, 0.05) is 19.0 Å². The third kappa shape index (κ3) is 3.49. The van der Waals surface area contributed by atoms with E-state index in [-0.39, 0.29) is 5.91 Å². The molecular weight excluding hydrogens is 188 g/mol. The largest absolute Gasteiger partial charge is 0.356 e. The lowest BCUT2D eigenvalue weighted by Gasteiger charge is -2.20. The molecule has 1 saturated carbocycles. The molecule has 0 aromatic rings. The molecule has 2 fully saturated rings. The molecule has 1 saturated heterocycles. The summed E-state index contributed by atoms with van der Waals surface area (Å²) < 4.78 is 0. The fraction of sp³-hybridized carbons (Fsp3) is 0.917. The standard InChI is InChI=1S/C12H22N2O/c1-10(9-14-6-2-3-7-14)8-13-12(15)11-4-5-11/h10-11H,2-9H2,1H3,(H,13,15). The van der Waals surface area contributed by atoms with Gasteiger partial charge in [0.15, 0.2) is 0 Å². The summed E-state index contributed by atoms with van der Waals surface area (Å²) in [5.74, 6) is 1.22. The number of likely N-dealkylation sites (tertiary alicyclic amines) is 1. The maximum atomic E-state index is 11.4. The molecule has 3 nitrogen and oxygen atoms in total. The highest BCUT2D eigenvalue weighted by atomic mass is 16.2. The van der Waals surface area contributed by atoms with Gasteiger partial charge in [-0.05, 0) is 44.7 Å². The van der Waals surface area contributed by atoms with Gasteiger partial charge in [-0.2, -0.15) is 0 Å². The summed E-state index contributed by atoms with van der Waals surface area (Å²) in [5.41, 5.74) is 0. The number of nitrogens with zero attached hydrogens (tertiary/aromatic N) is 1. The first-order valence-corrected chi connectivity index (χ1v) is 6.26. The van der Waals surface area contributed by atoms with Crippen LogP contribution in [0.4, 0.5) is 0 Å². The first kappa shape index (κ1) is 10.9. The molecule has 0 aromatic carbocycles. The van der Waals surface area contributed by atoms with E-state index in [0.717, 1.165) is 25.9 Å². The molecule has 0 aromatic heterocycles. The highest BCUT2D eigenvalue weighted by Gasteiger charge is 2.29. The molecule has 1 atom stereocenters. The van der Waals surface area contributed by atoms with Crippen molar-refractivity contribution in [1.29, 1.82) is 0 Å². The van der Waals surface area contributed by atoms with Crippen LogP contribution in [0.3, 0.4) is 0 Å². The maximum Gasteiger partial charge on any atom is 0.223 e. The minimum absolute atomic E-state index is 0.281. The van der Waals surface area contributed by atoms with E-state index in [1.54, 1.807) is 0 Å². The van der Waals surface area contributed by atoms with Crippen molar-refractivity contribution < 1.29 is 4.79 Å². The van der Waals surface area contributed by atoms with Crippen LogP contribution in [0.1, 0.15) is 32.6 Å². The second-order valence-corrected chi connectivity index (χ2v) is 5.13. The van der Waals surface area contributed by atoms with Gasteiger partial charge < -0.3 is 10.2 Å². The molecule has 1 aliphatic carbocycles. The van der Waals surface area contributed by atoms with Crippen molar-refractivity contribution >= 4 is 5.91 Å². The second kappa shape index (κ2) is 4.97. The molecule has 2 rings (SSSR count). The van der Waals surface area contributed by atoms with Crippen LogP contribution in [0.5, 0.6) is 0 Å². The van der Waals surface area contributed by atoms with Gasteiger partial charge in [0.1, 0.15) is 0 Å². The number of nitrogens with one attached hydrogen (secondary N) is 1. The topological polar surface area (TPSA) is 32.3 Å². The summed E-state index contributed by atoms with van der Waals surface area (Å²) >= 11 is 0. The highest BCUT2D eigenvalue weighted by molar-refractivity contribution is 5.80. The predicted molar refractivity (Wildman–Crippen MR) is 60.6 cm³/mol. The zero-order valence-electron chi connectivity index (χ0n) is 9.67. The number of carbonyl (C=O) groups is 1. The Hall–Kier alpha value is -0.570. The van der Waals surface area contributed by atoms with Crippen molar-refractivity contribution in [2.24, 2.45) is 11.8 Å². The molecule has 1 heterocycles. The van der Waals surface area contributed by atoms with Gasteiger partial charge in [0.2, 0.25) is 5.91 Å². The third-order valence-corrected chi connectivity index (χ3v) is 3.34. The quantitative estimate of drug-likeness (QED) is 0.740. The van der Waals surface area contributed by atoms with Gasteiger partial charge in [-0.3, -0.25) is 4.79 Å². The fourth-order valence-electron chi connectivity index (χ4n) is 2.24. The van der Waals surface area contributed by atoms with Crippen molar-refractivity contribution in [3.63, 3.8) is 0 Å². The van der Waals surface area contributed by atoms with Gasteiger partial charge in [0.05, 0.1) is 0 Å². The Kier molecular flexibility index (Phi) is 3.62. The lowest BCUT2D eigenvalue weighted by atomic mass is 10.1. The second-order valence-electron chi connectivity index (χ2n) is 5.13. The molecular formula is C12H22N2O. The van der Waals surface area contributed by atoms with E-state index in [0.29, 0.717) is 11.8 Å². The van der Waals surface area contributed by atoms with Crippen LogP contribution in [-0.4, -0.2) is 37.0 Å². The molecule has 2 aliphatic rings. The van der Waals surface area contributed by atoms with Crippen LogP contribution >= 0.6 is 0 Å². The average molecular weight is 210 g/mol. The molecule has 15 heavy (non-hydrogen) atoms. The Morgan fingerprint density at radius 1 is 1.40 bits per heavy atom. The molecule has 1 unspecified atom stereocenters. The predicted octanol–water partition coefficient (Wildman–Crippen LogP) is 1.24. The van der Waals surface area contributed by atoms with Crippen molar-refractivity contribution in [2.45, 2.75) is 32.6 Å².